The lowest BCUT2D eigenvalue weighted by Gasteiger charge is -2.20. The van der Waals surface area contributed by atoms with E-state index in [1.807, 2.05) is 13.8 Å². The number of methoxy groups -OCH3 is 1. The van der Waals surface area contributed by atoms with E-state index in [9.17, 15) is 28.8 Å². The van der Waals surface area contributed by atoms with Crippen molar-refractivity contribution in [2.75, 3.05) is 13.7 Å². The monoisotopic (exact) mass is 518 g/mol. The molecule has 10 nitrogen and oxygen atoms in total. The van der Waals surface area contributed by atoms with E-state index in [1.165, 1.54) is 36.9 Å². The number of allylic oxidation sites excluding steroid dienone is 1. The van der Waals surface area contributed by atoms with Gasteiger partial charge in [0.1, 0.15) is 0 Å². The molecule has 0 radical (unpaired) electrons. The third kappa shape index (κ3) is 10.9. The van der Waals surface area contributed by atoms with E-state index in [0.29, 0.717) is 12.8 Å². The van der Waals surface area contributed by atoms with Gasteiger partial charge in [0.2, 0.25) is 5.91 Å². The van der Waals surface area contributed by atoms with Crippen molar-refractivity contribution in [3.8, 4) is 0 Å². The van der Waals surface area contributed by atoms with Crippen LogP contribution in [0, 0.1) is 11.8 Å². The summed E-state index contributed by atoms with van der Waals surface area (Å²) < 4.78 is 10.8. The van der Waals surface area contributed by atoms with Crippen LogP contribution in [0.1, 0.15) is 58.9 Å². The van der Waals surface area contributed by atoms with Gasteiger partial charge in [0.25, 0.3) is 5.56 Å². The Balaban J connectivity index is 2.93. The molecule has 1 rings (SSSR count). The Morgan fingerprint density at radius 2 is 1.86 bits per heavy atom. The molecule has 10 heteroatoms. The molecule has 1 N–H and O–H groups in total. The lowest BCUT2D eigenvalue weighted by atomic mass is 9.87. The number of aromatic nitrogens is 1. The SMILES string of the molecule is CCOC(=O)/C=C/CC[C@H](NC(C)=O)C(=O)Cc1cccn(CC(=O)C[C@H](C(=O)OC)C(C)CC)c1=O. The number of ether oxygens (including phenoxy) is 2. The van der Waals surface area contributed by atoms with E-state index in [-0.39, 0.29) is 55.5 Å². The molecule has 1 aromatic heterocycles. The highest BCUT2D eigenvalue weighted by molar-refractivity contribution is 5.90. The molecule has 0 bridgehead atoms. The largest absolute Gasteiger partial charge is 0.469 e. The molecule has 37 heavy (non-hydrogen) atoms. The third-order valence-corrected chi connectivity index (χ3v) is 6.02. The maximum atomic E-state index is 13.0. The normalized spacial score (nSPS) is 13.4. The average molecular weight is 519 g/mol. The van der Waals surface area contributed by atoms with Crippen molar-refractivity contribution >= 4 is 29.4 Å². The predicted octanol–water partition coefficient (Wildman–Crippen LogP) is 2.16. The molecular formula is C27H38N2O8. The van der Waals surface area contributed by atoms with Crippen LogP contribution in [0.4, 0.5) is 0 Å². The molecule has 1 amide bonds. The van der Waals surface area contributed by atoms with E-state index in [2.05, 4.69) is 5.32 Å². The van der Waals surface area contributed by atoms with Crippen molar-refractivity contribution in [1.82, 2.24) is 9.88 Å². The molecule has 204 valence electrons. The summed E-state index contributed by atoms with van der Waals surface area (Å²) >= 11 is 0. The number of nitrogens with zero attached hydrogens (tertiary/aromatic N) is 1. The molecule has 0 aliphatic heterocycles. The van der Waals surface area contributed by atoms with Crippen molar-refractivity contribution < 1.29 is 33.4 Å². The molecule has 0 saturated heterocycles. The minimum Gasteiger partial charge on any atom is -0.469 e. The number of pyridine rings is 1. The smallest absolute Gasteiger partial charge is 0.330 e. The van der Waals surface area contributed by atoms with Crippen LogP contribution in [-0.4, -0.2) is 53.7 Å². The van der Waals surface area contributed by atoms with Gasteiger partial charge in [-0.15, -0.1) is 0 Å². The zero-order valence-corrected chi connectivity index (χ0v) is 22.3. The Morgan fingerprint density at radius 1 is 1.16 bits per heavy atom. The zero-order chi connectivity index (χ0) is 28.0. The number of carbonyl (C=O) groups is 5. The highest BCUT2D eigenvalue weighted by atomic mass is 16.5. The summed E-state index contributed by atoms with van der Waals surface area (Å²) in [5.41, 5.74) is -0.310. The maximum Gasteiger partial charge on any atom is 0.330 e. The Labute approximate surface area is 217 Å². The maximum absolute atomic E-state index is 13.0. The molecule has 1 heterocycles. The van der Waals surface area contributed by atoms with Gasteiger partial charge >= 0.3 is 11.9 Å². The number of amides is 1. The average Bonchev–Trinajstić information content (AvgIpc) is 2.85. The highest BCUT2D eigenvalue weighted by Crippen LogP contribution is 2.21. The van der Waals surface area contributed by atoms with Gasteiger partial charge in [-0.3, -0.25) is 24.0 Å². The first-order valence-corrected chi connectivity index (χ1v) is 12.4. The van der Waals surface area contributed by atoms with Gasteiger partial charge < -0.3 is 19.4 Å². The minimum absolute atomic E-state index is 0.0544. The van der Waals surface area contributed by atoms with Crippen molar-refractivity contribution in [1.29, 1.82) is 0 Å². The first-order chi connectivity index (χ1) is 17.5. The quantitative estimate of drug-likeness (QED) is 0.260. The number of esters is 2. The van der Waals surface area contributed by atoms with Crippen molar-refractivity contribution in [2.24, 2.45) is 11.8 Å². The van der Waals surface area contributed by atoms with Gasteiger partial charge in [0.05, 0.1) is 32.2 Å². The summed E-state index contributed by atoms with van der Waals surface area (Å²) in [6, 6.07) is 2.22. The number of rotatable bonds is 16. The Morgan fingerprint density at radius 3 is 2.46 bits per heavy atom. The Kier molecular flexibility index (Phi) is 13.8. The van der Waals surface area contributed by atoms with Gasteiger partial charge in [-0.2, -0.15) is 0 Å². The van der Waals surface area contributed by atoms with Gasteiger partial charge in [-0.1, -0.05) is 32.4 Å². The molecule has 0 saturated carbocycles. The van der Waals surface area contributed by atoms with Crippen molar-refractivity contribution in [3.05, 3.63) is 46.4 Å². The lowest BCUT2D eigenvalue weighted by molar-refractivity contribution is -0.149. The van der Waals surface area contributed by atoms with Gasteiger partial charge in [0, 0.05) is 37.6 Å². The number of Topliss-reactive ketones (excluding diaryl/α,β-unsaturated/α-hetero) is 2. The summed E-state index contributed by atoms with van der Waals surface area (Å²) in [5.74, 6) is -2.68. The molecule has 0 spiro atoms. The number of hydrogen-bond donors (Lipinski definition) is 1. The second-order valence-electron chi connectivity index (χ2n) is 8.85. The second kappa shape index (κ2) is 16.2. The van der Waals surface area contributed by atoms with Gasteiger partial charge in [-0.25, -0.2) is 4.79 Å². The van der Waals surface area contributed by atoms with E-state index in [1.54, 1.807) is 19.1 Å². The van der Waals surface area contributed by atoms with Crippen LogP contribution in [0.2, 0.25) is 0 Å². The number of hydrogen-bond acceptors (Lipinski definition) is 8. The van der Waals surface area contributed by atoms with Crippen LogP contribution in [0.3, 0.4) is 0 Å². The standard InChI is InChI=1S/C27H38N2O8/c1-6-18(3)22(27(35)36-5)16-21(31)17-29-14-10-11-20(26(29)34)15-24(32)23(28-19(4)30)12-8-9-13-25(33)37-7-2/h9-11,13-14,18,22-23H,6-8,12,15-17H2,1-5H3,(H,28,30)/b13-9+/t18?,22-,23-/m0/s1. The zero-order valence-electron chi connectivity index (χ0n) is 22.3. The van der Waals surface area contributed by atoms with E-state index in [4.69, 9.17) is 9.47 Å². The Hall–Kier alpha value is -3.56. The molecule has 0 fully saturated rings. The number of ketones is 2. The molecule has 0 aromatic carbocycles. The van der Waals surface area contributed by atoms with E-state index < -0.39 is 35.4 Å². The van der Waals surface area contributed by atoms with E-state index in [0.717, 1.165) is 0 Å². The first-order valence-electron chi connectivity index (χ1n) is 12.4. The van der Waals surface area contributed by atoms with Crippen LogP contribution < -0.4 is 10.9 Å². The minimum atomic E-state index is -0.852. The molecule has 1 aromatic rings. The summed E-state index contributed by atoms with van der Waals surface area (Å²) in [6.07, 6.45) is 5.24. The number of carbonyl (C=O) groups excluding carboxylic acids is 5. The van der Waals surface area contributed by atoms with Crippen LogP contribution in [0.5, 0.6) is 0 Å². The third-order valence-electron chi connectivity index (χ3n) is 6.02. The predicted molar refractivity (Wildman–Crippen MR) is 137 cm³/mol. The van der Waals surface area contributed by atoms with Crippen LogP contribution in [0.25, 0.3) is 0 Å². The fourth-order valence-electron chi connectivity index (χ4n) is 3.80. The Bertz CT molecular complexity index is 1040. The summed E-state index contributed by atoms with van der Waals surface area (Å²) in [5, 5.41) is 2.59. The van der Waals surface area contributed by atoms with Crippen LogP contribution >= 0.6 is 0 Å². The fourth-order valence-corrected chi connectivity index (χ4v) is 3.80. The summed E-state index contributed by atoms with van der Waals surface area (Å²) in [4.78, 5) is 73.7. The summed E-state index contributed by atoms with van der Waals surface area (Å²) in [7, 11) is 1.28. The molecular weight excluding hydrogens is 480 g/mol. The highest BCUT2D eigenvalue weighted by Gasteiger charge is 2.28. The summed E-state index contributed by atoms with van der Waals surface area (Å²) in [6.45, 7) is 6.78. The molecule has 0 aliphatic rings. The lowest BCUT2D eigenvalue weighted by Crippen LogP contribution is -2.41. The van der Waals surface area contributed by atoms with Crippen molar-refractivity contribution in [2.45, 2.75) is 72.4 Å². The first kappa shape index (κ1) is 31.5. The van der Waals surface area contributed by atoms with Gasteiger partial charge in [-0.05, 0) is 31.7 Å². The fraction of sp³-hybridized carbons (Fsp3) is 0.556. The number of nitrogens with one attached hydrogen (secondary N) is 1. The molecule has 3 atom stereocenters. The molecule has 1 unspecified atom stereocenters. The second-order valence-corrected chi connectivity index (χ2v) is 8.85. The molecule has 0 aliphatic carbocycles. The van der Waals surface area contributed by atoms with E-state index >= 15 is 0 Å². The van der Waals surface area contributed by atoms with Crippen molar-refractivity contribution in [3.63, 3.8) is 0 Å². The topological polar surface area (TPSA) is 138 Å². The van der Waals surface area contributed by atoms with Crippen LogP contribution in [-0.2, 0) is 46.4 Å². The van der Waals surface area contributed by atoms with Gasteiger partial charge in [0.15, 0.2) is 11.6 Å². The van der Waals surface area contributed by atoms with Crippen LogP contribution in [0.15, 0.2) is 35.3 Å².